The van der Waals surface area contributed by atoms with Gasteiger partial charge in [0.15, 0.2) is 0 Å². The predicted octanol–water partition coefficient (Wildman–Crippen LogP) is 5.76. The van der Waals surface area contributed by atoms with Crippen LogP contribution in [0.3, 0.4) is 0 Å². The lowest BCUT2D eigenvalue weighted by Gasteiger charge is -2.18. The van der Waals surface area contributed by atoms with Gasteiger partial charge >= 0.3 is 0 Å². The molecule has 1 unspecified atom stereocenters. The lowest BCUT2D eigenvalue weighted by Crippen LogP contribution is -2.08. The molecule has 20 heavy (non-hydrogen) atoms. The number of rotatable bonds is 2. The van der Waals surface area contributed by atoms with Crippen molar-refractivity contribution in [1.82, 2.24) is 0 Å². The van der Waals surface area contributed by atoms with E-state index in [1.165, 1.54) is 5.56 Å². The molecule has 104 valence electrons. The first-order chi connectivity index (χ1) is 9.56. The summed E-state index contributed by atoms with van der Waals surface area (Å²) >= 11 is 7.19. The van der Waals surface area contributed by atoms with E-state index in [9.17, 15) is 4.39 Å². The molecule has 0 spiro atoms. The Labute approximate surface area is 134 Å². The zero-order valence-corrected chi connectivity index (χ0v) is 14.2. The summed E-state index contributed by atoms with van der Waals surface area (Å²) < 4.78 is 15.8. The first-order valence-corrected chi connectivity index (χ1v) is 8.14. The summed E-state index contributed by atoms with van der Waals surface area (Å²) in [6, 6.07) is 9.66. The van der Waals surface area contributed by atoms with Gasteiger partial charge in [0.25, 0.3) is 0 Å². The maximum atomic E-state index is 13.8. The lowest BCUT2D eigenvalue weighted by molar-refractivity contribution is 0.612. The number of halogens is 3. The average molecular weight is 399 g/mol. The molecule has 0 radical (unpaired) electrons. The molecule has 2 aromatic carbocycles. The summed E-state index contributed by atoms with van der Waals surface area (Å²) in [6.45, 7) is 2.06. The van der Waals surface area contributed by atoms with Crippen molar-refractivity contribution in [3.05, 3.63) is 61.8 Å². The fourth-order valence-electron chi connectivity index (χ4n) is 2.77. The number of fused-ring (bicyclic) bond motifs is 1. The van der Waals surface area contributed by atoms with Crippen molar-refractivity contribution in [2.24, 2.45) is 0 Å². The lowest BCUT2D eigenvalue weighted by atomic mass is 10.1. The Balaban J connectivity index is 1.94. The quantitative estimate of drug-likeness (QED) is 0.678. The number of nitrogens with one attached hydrogen (secondary N) is 1. The minimum atomic E-state index is -0.0890. The molecular weight excluding hydrogens is 385 g/mol. The van der Waals surface area contributed by atoms with Gasteiger partial charge in [-0.25, -0.2) is 4.39 Å². The number of hydrogen-bond donors (Lipinski definition) is 1. The SMILES string of the molecule is Cc1cc(Br)c(NC2CCc3c(F)cccc32)c(Br)c1. The van der Waals surface area contributed by atoms with Crippen LogP contribution in [0.2, 0.25) is 0 Å². The van der Waals surface area contributed by atoms with E-state index in [0.717, 1.165) is 38.6 Å². The van der Waals surface area contributed by atoms with Gasteiger partial charge in [0, 0.05) is 8.95 Å². The molecule has 3 rings (SSSR count). The summed E-state index contributed by atoms with van der Waals surface area (Å²) in [7, 11) is 0. The van der Waals surface area contributed by atoms with Crippen LogP contribution >= 0.6 is 31.9 Å². The molecule has 1 aliphatic carbocycles. The first kappa shape index (κ1) is 14.1. The Bertz CT molecular complexity index is 647. The Hall–Kier alpha value is -0.870. The molecule has 0 aromatic heterocycles. The van der Waals surface area contributed by atoms with Crippen LogP contribution in [-0.2, 0) is 6.42 Å². The van der Waals surface area contributed by atoms with Crippen molar-refractivity contribution in [1.29, 1.82) is 0 Å². The van der Waals surface area contributed by atoms with Gasteiger partial charge in [-0.1, -0.05) is 12.1 Å². The fraction of sp³-hybridized carbons (Fsp3) is 0.250. The van der Waals surface area contributed by atoms with E-state index in [1.54, 1.807) is 12.1 Å². The highest BCUT2D eigenvalue weighted by Gasteiger charge is 2.25. The van der Waals surface area contributed by atoms with Crippen molar-refractivity contribution in [2.75, 3.05) is 5.32 Å². The van der Waals surface area contributed by atoms with Crippen LogP contribution in [0.25, 0.3) is 0 Å². The minimum Gasteiger partial charge on any atom is -0.376 e. The van der Waals surface area contributed by atoms with Gasteiger partial charge in [0.2, 0.25) is 0 Å². The molecule has 0 fully saturated rings. The van der Waals surface area contributed by atoms with E-state index < -0.39 is 0 Å². The van der Waals surface area contributed by atoms with Crippen molar-refractivity contribution < 1.29 is 4.39 Å². The van der Waals surface area contributed by atoms with Crippen LogP contribution in [0, 0.1) is 12.7 Å². The molecule has 0 bridgehead atoms. The third-order valence-electron chi connectivity index (χ3n) is 3.72. The van der Waals surface area contributed by atoms with E-state index in [1.807, 2.05) is 6.07 Å². The summed E-state index contributed by atoms with van der Waals surface area (Å²) in [5.41, 5.74) is 4.14. The van der Waals surface area contributed by atoms with Crippen LogP contribution in [0.1, 0.15) is 29.2 Å². The summed E-state index contributed by atoms with van der Waals surface area (Å²) in [6.07, 6.45) is 1.71. The number of aryl methyl sites for hydroxylation is 1. The third kappa shape index (κ3) is 2.51. The minimum absolute atomic E-state index is 0.0890. The zero-order chi connectivity index (χ0) is 14.3. The number of anilines is 1. The zero-order valence-electron chi connectivity index (χ0n) is 11.0. The molecule has 0 saturated carbocycles. The highest BCUT2D eigenvalue weighted by molar-refractivity contribution is 9.11. The second-order valence-corrected chi connectivity index (χ2v) is 6.86. The molecule has 1 atom stereocenters. The third-order valence-corrected chi connectivity index (χ3v) is 4.97. The Morgan fingerprint density at radius 3 is 2.60 bits per heavy atom. The van der Waals surface area contributed by atoms with Crippen molar-refractivity contribution in [2.45, 2.75) is 25.8 Å². The van der Waals surface area contributed by atoms with E-state index in [0.29, 0.717) is 0 Å². The van der Waals surface area contributed by atoms with Crippen molar-refractivity contribution in [3.63, 3.8) is 0 Å². The van der Waals surface area contributed by atoms with Gasteiger partial charge in [-0.2, -0.15) is 0 Å². The molecule has 0 amide bonds. The Kier molecular flexibility index (Phi) is 3.87. The molecule has 0 aliphatic heterocycles. The van der Waals surface area contributed by atoms with Crippen molar-refractivity contribution >= 4 is 37.5 Å². The van der Waals surface area contributed by atoms with E-state index >= 15 is 0 Å². The van der Waals surface area contributed by atoms with Gasteiger partial charge in [0.1, 0.15) is 5.82 Å². The molecule has 2 aromatic rings. The fourth-order valence-corrected chi connectivity index (χ4v) is 4.42. The highest BCUT2D eigenvalue weighted by Crippen LogP contribution is 2.39. The first-order valence-electron chi connectivity index (χ1n) is 6.55. The second-order valence-electron chi connectivity index (χ2n) is 5.15. The summed E-state index contributed by atoms with van der Waals surface area (Å²) in [5.74, 6) is -0.0890. The van der Waals surface area contributed by atoms with Gasteiger partial charge in [-0.15, -0.1) is 0 Å². The predicted molar refractivity (Wildman–Crippen MR) is 87.7 cm³/mol. The van der Waals surface area contributed by atoms with Gasteiger partial charge in [0.05, 0.1) is 11.7 Å². The molecule has 1 N–H and O–H groups in total. The number of benzene rings is 2. The molecule has 1 aliphatic rings. The molecule has 1 nitrogen and oxygen atoms in total. The number of hydrogen-bond acceptors (Lipinski definition) is 1. The largest absolute Gasteiger partial charge is 0.376 e. The molecule has 0 heterocycles. The topological polar surface area (TPSA) is 12.0 Å². The monoisotopic (exact) mass is 397 g/mol. The van der Waals surface area contributed by atoms with E-state index in [2.05, 4.69) is 56.2 Å². The van der Waals surface area contributed by atoms with E-state index in [4.69, 9.17) is 0 Å². The van der Waals surface area contributed by atoms with Crippen LogP contribution in [0.4, 0.5) is 10.1 Å². The summed E-state index contributed by atoms with van der Waals surface area (Å²) in [4.78, 5) is 0. The van der Waals surface area contributed by atoms with Crippen LogP contribution in [0.15, 0.2) is 39.3 Å². The second kappa shape index (κ2) is 5.49. The Morgan fingerprint density at radius 2 is 1.90 bits per heavy atom. The normalized spacial score (nSPS) is 17.1. The molecule has 4 heteroatoms. The van der Waals surface area contributed by atoms with Crippen molar-refractivity contribution in [3.8, 4) is 0 Å². The van der Waals surface area contributed by atoms with E-state index in [-0.39, 0.29) is 11.9 Å². The maximum Gasteiger partial charge on any atom is 0.126 e. The molecular formula is C16H14Br2FN. The van der Waals surface area contributed by atoms with Crippen LogP contribution in [-0.4, -0.2) is 0 Å². The Morgan fingerprint density at radius 1 is 1.20 bits per heavy atom. The van der Waals surface area contributed by atoms with Crippen LogP contribution in [0.5, 0.6) is 0 Å². The maximum absolute atomic E-state index is 13.8. The van der Waals surface area contributed by atoms with Gasteiger partial charge in [-0.3, -0.25) is 0 Å². The average Bonchev–Trinajstić information content (AvgIpc) is 2.78. The standard InChI is InChI=1S/C16H14Br2FN/c1-9-7-12(17)16(13(18)8-9)20-15-6-5-10-11(15)3-2-4-14(10)19/h2-4,7-8,15,20H,5-6H2,1H3. The summed E-state index contributed by atoms with van der Waals surface area (Å²) in [5, 5.41) is 3.53. The molecule has 0 saturated heterocycles. The van der Waals surface area contributed by atoms with Gasteiger partial charge < -0.3 is 5.32 Å². The van der Waals surface area contributed by atoms with Gasteiger partial charge in [-0.05, 0) is 86.5 Å². The smallest absolute Gasteiger partial charge is 0.126 e. The highest BCUT2D eigenvalue weighted by atomic mass is 79.9. The van der Waals surface area contributed by atoms with Crippen LogP contribution < -0.4 is 5.32 Å².